The second kappa shape index (κ2) is 7.87. The van der Waals surface area contributed by atoms with Gasteiger partial charge in [0, 0.05) is 37.1 Å². The first kappa shape index (κ1) is 17.7. The number of carbonyl (C=O) groups is 1. The van der Waals surface area contributed by atoms with E-state index in [9.17, 15) is 4.79 Å². The highest BCUT2D eigenvalue weighted by atomic mass is 16.2. The summed E-state index contributed by atoms with van der Waals surface area (Å²) in [5.74, 6) is 0.183. The van der Waals surface area contributed by atoms with Crippen molar-refractivity contribution in [2.75, 3.05) is 19.6 Å². The van der Waals surface area contributed by atoms with Crippen LogP contribution in [0.2, 0.25) is 0 Å². The van der Waals surface area contributed by atoms with E-state index < -0.39 is 0 Å². The Morgan fingerprint density at radius 1 is 1.28 bits per heavy atom. The standard InChI is InChI=1S/C21H29N3O/c1-4-12-23(19-10-11-22-14-19)21(25)20-13-16(2)24(17(20)3)15-18-8-6-5-7-9-18/h5-9,13,19,22H,4,10-12,14-15H2,1-3H3. The van der Waals surface area contributed by atoms with Gasteiger partial charge in [-0.25, -0.2) is 0 Å². The molecule has 1 aromatic heterocycles. The lowest BCUT2D eigenvalue weighted by atomic mass is 10.1. The summed E-state index contributed by atoms with van der Waals surface area (Å²) >= 11 is 0. The van der Waals surface area contributed by atoms with Crippen LogP contribution in [0.5, 0.6) is 0 Å². The Morgan fingerprint density at radius 2 is 2.04 bits per heavy atom. The molecule has 0 spiro atoms. The lowest BCUT2D eigenvalue weighted by Crippen LogP contribution is -2.42. The van der Waals surface area contributed by atoms with Gasteiger partial charge in [-0.05, 0) is 44.9 Å². The predicted octanol–water partition coefficient (Wildman–Crippen LogP) is 3.37. The number of benzene rings is 1. The van der Waals surface area contributed by atoms with Crippen molar-refractivity contribution in [2.45, 2.75) is 46.2 Å². The summed E-state index contributed by atoms with van der Waals surface area (Å²) in [5, 5.41) is 3.38. The van der Waals surface area contributed by atoms with Crippen molar-refractivity contribution in [1.29, 1.82) is 0 Å². The normalized spacial score (nSPS) is 17.0. The third-order valence-electron chi connectivity index (χ3n) is 5.19. The Kier molecular flexibility index (Phi) is 5.59. The molecule has 0 saturated carbocycles. The highest BCUT2D eigenvalue weighted by Crippen LogP contribution is 2.21. The van der Waals surface area contributed by atoms with Crippen LogP contribution < -0.4 is 5.32 Å². The van der Waals surface area contributed by atoms with Gasteiger partial charge in [0.05, 0.1) is 5.56 Å². The Labute approximate surface area is 150 Å². The monoisotopic (exact) mass is 339 g/mol. The highest BCUT2D eigenvalue weighted by Gasteiger charge is 2.28. The molecular formula is C21H29N3O. The molecule has 2 heterocycles. The summed E-state index contributed by atoms with van der Waals surface area (Å²) in [4.78, 5) is 15.3. The summed E-state index contributed by atoms with van der Waals surface area (Å²) in [6.45, 7) is 9.85. The van der Waals surface area contributed by atoms with Crippen LogP contribution in [-0.4, -0.2) is 41.1 Å². The smallest absolute Gasteiger partial charge is 0.255 e. The Balaban J connectivity index is 1.86. The number of hydrogen-bond acceptors (Lipinski definition) is 2. The molecule has 1 N–H and O–H groups in total. The molecule has 2 aromatic rings. The zero-order valence-electron chi connectivity index (χ0n) is 15.6. The maximum absolute atomic E-state index is 13.2. The van der Waals surface area contributed by atoms with Crippen molar-refractivity contribution in [3.8, 4) is 0 Å². The molecule has 1 aliphatic heterocycles. The molecule has 25 heavy (non-hydrogen) atoms. The first-order chi connectivity index (χ1) is 12.1. The van der Waals surface area contributed by atoms with E-state index >= 15 is 0 Å². The van der Waals surface area contributed by atoms with Crippen molar-refractivity contribution >= 4 is 5.91 Å². The van der Waals surface area contributed by atoms with Gasteiger partial charge in [0.15, 0.2) is 0 Å². The molecule has 0 bridgehead atoms. The lowest BCUT2D eigenvalue weighted by Gasteiger charge is -2.28. The van der Waals surface area contributed by atoms with Crippen LogP contribution in [-0.2, 0) is 6.54 Å². The summed E-state index contributed by atoms with van der Waals surface area (Å²) in [5.41, 5.74) is 4.33. The molecule has 1 amide bonds. The molecule has 1 saturated heterocycles. The molecule has 0 radical (unpaired) electrons. The lowest BCUT2D eigenvalue weighted by molar-refractivity contribution is 0.0691. The number of carbonyl (C=O) groups excluding carboxylic acids is 1. The quantitative estimate of drug-likeness (QED) is 0.876. The van der Waals surface area contributed by atoms with Crippen LogP contribution in [0, 0.1) is 13.8 Å². The van der Waals surface area contributed by atoms with Crippen molar-refractivity contribution in [2.24, 2.45) is 0 Å². The first-order valence-electron chi connectivity index (χ1n) is 9.34. The fraction of sp³-hybridized carbons (Fsp3) is 0.476. The van der Waals surface area contributed by atoms with Gasteiger partial charge < -0.3 is 14.8 Å². The number of aryl methyl sites for hydroxylation is 1. The van der Waals surface area contributed by atoms with Gasteiger partial charge in [-0.15, -0.1) is 0 Å². The van der Waals surface area contributed by atoms with E-state index in [2.05, 4.69) is 65.9 Å². The van der Waals surface area contributed by atoms with Crippen LogP contribution in [0.15, 0.2) is 36.4 Å². The van der Waals surface area contributed by atoms with Gasteiger partial charge in [0.25, 0.3) is 5.91 Å². The van der Waals surface area contributed by atoms with Crippen molar-refractivity contribution < 1.29 is 4.79 Å². The minimum Gasteiger partial charge on any atom is -0.344 e. The van der Waals surface area contributed by atoms with Gasteiger partial charge in [-0.1, -0.05) is 37.3 Å². The van der Waals surface area contributed by atoms with Crippen molar-refractivity contribution in [1.82, 2.24) is 14.8 Å². The molecule has 1 atom stereocenters. The Morgan fingerprint density at radius 3 is 2.68 bits per heavy atom. The van der Waals surface area contributed by atoms with Crippen molar-refractivity contribution in [3.63, 3.8) is 0 Å². The number of hydrogen-bond donors (Lipinski definition) is 1. The molecule has 134 valence electrons. The second-order valence-corrected chi connectivity index (χ2v) is 7.00. The molecule has 0 aliphatic carbocycles. The Hall–Kier alpha value is -2.07. The molecule has 1 aromatic carbocycles. The molecular weight excluding hydrogens is 310 g/mol. The SMILES string of the molecule is CCCN(C(=O)c1cc(C)n(Cc2ccccc2)c1C)C1CCNC1. The summed E-state index contributed by atoms with van der Waals surface area (Å²) in [7, 11) is 0. The van der Waals surface area contributed by atoms with Gasteiger partial charge in [-0.2, -0.15) is 0 Å². The topological polar surface area (TPSA) is 37.3 Å². The molecule has 1 fully saturated rings. The Bertz CT molecular complexity index is 714. The predicted molar refractivity (Wildman–Crippen MR) is 102 cm³/mol. The van der Waals surface area contributed by atoms with Gasteiger partial charge in [0.1, 0.15) is 0 Å². The third-order valence-corrected chi connectivity index (χ3v) is 5.19. The van der Waals surface area contributed by atoms with E-state index in [4.69, 9.17) is 0 Å². The summed E-state index contributed by atoms with van der Waals surface area (Å²) in [6.07, 6.45) is 2.04. The van der Waals surface area contributed by atoms with Crippen LogP contribution in [0.1, 0.15) is 47.1 Å². The van der Waals surface area contributed by atoms with Gasteiger partial charge in [-0.3, -0.25) is 4.79 Å². The van der Waals surface area contributed by atoms with E-state index in [-0.39, 0.29) is 5.91 Å². The zero-order valence-corrected chi connectivity index (χ0v) is 15.6. The van der Waals surface area contributed by atoms with Crippen LogP contribution in [0.25, 0.3) is 0 Å². The minimum absolute atomic E-state index is 0.183. The molecule has 1 aliphatic rings. The average Bonchev–Trinajstić information content (AvgIpc) is 3.24. The van der Waals surface area contributed by atoms with E-state index in [0.717, 1.165) is 56.0 Å². The largest absolute Gasteiger partial charge is 0.344 e. The summed E-state index contributed by atoms with van der Waals surface area (Å²) in [6, 6.07) is 12.8. The maximum Gasteiger partial charge on any atom is 0.255 e. The summed E-state index contributed by atoms with van der Waals surface area (Å²) < 4.78 is 2.25. The molecule has 3 rings (SSSR count). The van der Waals surface area contributed by atoms with E-state index in [1.54, 1.807) is 0 Å². The number of nitrogens with one attached hydrogen (secondary N) is 1. The van der Waals surface area contributed by atoms with Crippen LogP contribution in [0.4, 0.5) is 0 Å². The fourth-order valence-electron chi connectivity index (χ4n) is 3.78. The van der Waals surface area contributed by atoms with E-state index in [1.165, 1.54) is 5.56 Å². The van der Waals surface area contributed by atoms with Crippen LogP contribution >= 0.6 is 0 Å². The molecule has 4 heteroatoms. The first-order valence-corrected chi connectivity index (χ1v) is 9.34. The number of nitrogens with zero attached hydrogens (tertiary/aromatic N) is 2. The van der Waals surface area contributed by atoms with Crippen LogP contribution in [0.3, 0.4) is 0 Å². The number of aromatic nitrogens is 1. The fourth-order valence-corrected chi connectivity index (χ4v) is 3.78. The minimum atomic E-state index is 0.183. The second-order valence-electron chi connectivity index (χ2n) is 7.00. The average molecular weight is 339 g/mol. The zero-order chi connectivity index (χ0) is 17.8. The third kappa shape index (κ3) is 3.79. The molecule has 4 nitrogen and oxygen atoms in total. The molecule has 1 unspecified atom stereocenters. The van der Waals surface area contributed by atoms with E-state index in [1.807, 2.05) is 6.07 Å². The highest BCUT2D eigenvalue weighted by molar-refractivity contribution is 5.96. The number of amides is 1. The van der Waals surface area contributed by atoms with Gasteiger partial charge in [0.2, 0.25) is 0 Å². The van der Waals surface area contributed by atoms with Crippen molar-refractivity contribution in [3.05, 3.63) is 58.9 Å². The maximum atomic E-state index is 13.2. The van der Waals surface area contributed by atoms with E-state index in [0.29, 0.717) is 6.04 Å². The van der Waals surface area contributed by atoms with Gasteiger partial charge >= 0.3 is 0 Å². The number of rotatable bonds is 6.